The van der Waals surface area contributed by atoms with Gasteiger partial charge in [-0.25, -0.2) is 9.97 Å². The Morgan fingerprint density at radius 1 is 1.28 bits per heavy atom. The lowest BCUT2D eigenvalue weighted by Crippen LogP contribution is -2.19. The molecule has 0 saturated carbocycles. The molecule has 5 nitrogen and oxygen atoms in total. The topological polar surface area (TPSA) is 70.3 Å². The summed E-state index contributed by atoms with van der Waals surface area (Å²) in [5, 5.41) is 0. The van der Waals surface area contributed by atoms with Crippen molar-refractivity contribution < 1.29 is 9.47 Å². The van der Waals surface area contributed by atoms with Gasteiger partial charge in [-0.1, -0.05) is 0 Å². The van der Waals surface area contributed by atoms with Crippen LogP contribution in [0.25, 0.3) is 0 Å². The fourth-order valence-corrected chi connectivity index (χ4v) is 1.65. The molecule has 1 rings (SSSR count). The van der Waals surface area contributed by atoms with Crippen LogP contribution in [-0.4, -0.2) is 42.9 Å². The summed E-state index contributed by atoms with van der Waals surface area (Å²) in [6.45, 7) is 5.79. The molecule has 0 radical (unpaired) electrons. The van der Waals surface area contributed by atoms with Crippen molar-refractivity contribution >= 4 is 0 Å². The molecule has 1 heterocycles. The molecule has 1 aromatic rings. The van der Waals surface area contributed by atoms with Gasteiger partial charge in [-0.15, -0.1) is 0 Å². The van der Waals surface area contributed by atoms with Crippen LogP contribution in [0.2, 0.25) is 0 Å². The molecule has 0 aliphatic carbocycles. The quantitative estimate of drug-likeness (QED) is 0.696. The Labute approximate surface area is 109 Å². The van der Waals surface area contributed by atoms with Crippen LogP contribution in [0.3, 0.4) is 0 Å². The van der Waals surface area contributed by atoms with Gasteiger partial charge >= 0.3 is 0 Å². The molecule has 0 aromatic carbocycles. The molecule has 1 aromatic heterocycles. The lowest BCUT2D eigenvalue weighted by atomic mass is 10.1. The van der Waals surface area contributed by atoms with Gasteiger partial charge in [-0.2, -0.15) is 0 Å². The number of rotatable bonds is 8. The third-order valence-corrected chi connectivity index (χ3v) is 2.39. The lowest BCUT2D eigenvalue weighted by Gasteiger charge is -2.08. The molecular weight excluding hydrogens is 230 g/mol. The molecule has 1 unspecified atom stereocenters. The van der Waals surface area contributed by atoms with Gasteiger partial charge in [0.05, 0.1) is 19.8 Å². The van der Waals surface area contributed by atoms with Crippen molar-refractivity contribution in [3.05, 3.63) is 23.3 Å². The highest BCUT2D eigenvalue weighted by molar-refractivity contribution is 5.11. The Balaban J connectivity index is 2.46. The second-order valence-corrected chi connectivity index (χ2v) is 4.45. The van der Waals surface area contributed by atoms with Crippen molar-refractivity contribution in [2.45, 2.75) is 32.7 Å². The van der Waals surface area contributed by atoms with E-state index in [2.05, 4.69) is 9.97 Å². The highest BCUT2D eigenvalue weighted by atomic mass is 16.5. The molecule has 0 aliphatic rings. The van der Waals surface area contributed by atoms with Crippen molar-refractivity contribution in [1.29, 1.82) is 0 Å². The number of methoxy groups -OCH3 is 1. The normalized spacial score (nSPS) is 12.7. The van der Waals surface area contributed by atoms with Gasteiger partial charge in [0.2, 0.25) is 0 Å². The second kappa shape index (κ2) is 8.13. The van der Waals surface area contributed by atoms with Gasteiger partial charge < -0.3 is 15.2 Å². The fraction of sp³-hybridized carbons (Fsp3) is 0.692. The summed E-state index contributed by atoms with van der Waals surface area (Å²) < 4.78 is 10.3. The minimum Gasteiger partial charge on any atom is -0.382 e. The number of hydrogen-bond acceptors (Lipinski definition) is 5. The van der Waals surface area contributed by atoms with Crippen LogP contribution < -0.4 is 5.73 Å². The Hall–Kier alpha value is -1.04. The molecule has 2 N–H and O–H groups in total. The first-order valence-electron chi connectivity index (χ1n) is 6.27. The van der Waals surface area contributed by atoms with Crippen LogP contribution in [0.15, 0.2) is 6.07 Å². The Bertz CT molecular complexity index is 356. The summed E-state index contributed by atoms with van der Waals surface area (Å²) in [6.07, 6.45) is 1.50. The summed E-state index contributed by atoms with van der Waals surface area (Å²) >= 11 is 0. The SMILES string of the molecule is COCCOCCc1nc(C)cc(CC(C)N)n1. The van der Waals surface area contributed by atoms with Crippen LogP contribution in [0, 0.1) is 6.92 Å². The first-order chi connectivity index (χ1) is 8.61. The number of nitrogens with two attached hydrogens (primary N) is 1. The van der Waals surface area contributed by atoms with E-state index in [0.717, 1.165) is 30.1 Å². The van der Waals surface area contributed by atoms with Gasteiger partial charge in [0.15, 0.2) is 0 Å². The smallest absolute Gasteiger partial charge is 0.131 e. The van der Waals surface area contributed by atoms with Crippen molar-refractivity contribution in [2.24, 2.45) is 5.73 Å². The number of aryl methyl sites for hydroxylation is 1. The average Bonchev–Trinajstić information content (AvgIpc) is 2.27. The summed E-state index contributed by atoms with van der Waals surface area (Å²) in [5.41, 5.74) is 7.76. The van der Waals surface area contributed by atoms with Gasteiger partial charge in [-0.3, -0.25) is 0 Å². The maximum absolute atomic E-state index is 5.78. The monoisotopic (exact) mass is 253 g/mol. The summed E-state index contributed by atoms with van der Waals surface area (Å²) in [7, 11) is 1.66. The van der Waals surface area contributed by atoms with E-state index < -0.39 is 0 Å². The maximum Gasteiger partial charge on any atom is 0.131 e. The molecule has 1 atom stereocenters. The fourth-order valence-electron chi connectivity index (χ4n) is 1.65. The number of ether oxygens (including phenoxy) is 2. The number of nitrogens with zero attached hydrogens (tertiary/aromatic N) is 2. The molecule has 0 aliphatic heterocycles. The average molecular weight is 253 g/mol. The van der Waals surface area contributed by atoms with E-state index in [-0.39, 0.29) is 6.04 Å². The van der Waals surface area contributed by atoms with Crippen molar-refractivity contribution in [1.82, 2.24) is 9.97 Å². The Morgan fingerprint density at radius 2 is 2.06 bits per heavy atom. The van der Waals surface area contributed by atoms with Crippen LogP contribution >= 0.6 is 0 Å². The predicted octanol–water partition coefficient (Wildman–Crippen LogP) is 0.880. The Morgan fingerprint density at radius 3 is 2.72 bits per heavy atom. The van der Waals surface area contributed by atoms with Crippen LogP contribution in [0.1, 0.15) is 24.1 Å². The van der Waals surface area contributed by atoms with Crippen molar-refractivity contribution in [3.8, 4) is 0 Å². The third kappa shape index (κ3) is 6.05. The second-order valence-electron chi connectivity index (χ2n) is 4.45. The highest BCUT2D eigenvalue weighted by Crippen LogP contribution is 2.04. The first kappa shape index (κ1) is 15.0. The van der Waals surface area contributed by atoms with E-state index in [9.17, 15) is 0 Å². The standard InChI is InChI=1S/C13H23N3O2/c1-10(14)8-12-9-11(2)15-13(16-12)4-5-18-7-6-17-3/h9-10H,4-8,14H2,1-3H3. The Kier molecular flexibility index (Phi) is 6.78. The molecule has 0 amide bonds. The van der Waals surface area contributed by atoms with Gasteiger partial charge in [0, 0.05) is 37.4 Å². The molecule has 18 heavy (non-hydrogen) atoms. The van der Waals surface area contributed by atoms with E-state index in [1.165, 1.54) is 0 Å². The zero-order valence-corrected chi connectivity index (χ0v) is 11.5. The van der Waals surface area contributed by atoms with Crippen LogP contribution in [0.4, 0.5) is 0 Å². The zero-order chi connectivity index (χ0) is 13.4. The van der Waals surface area contributed by atoms with E-state index in [1.54, 1.807) is 7.11 Å². The number of hydrogen-bond donors (Lipinski definition) is 1. The zero-order valence-electron chi connectivity index (χ0n) is 11.5. The van der Waals surface area contributed by atoms with Crippen molar-refractivity contribution in [3.63, 3.8) is 0 Å². The van der Waals surface area contributed by atoms with Gasteiger partial charge in [0.1, 0.15) is 5.82 Å². The summed E-state index contributed by atoms with van der Waals surface area (Å²) in [6, 6.07) is 2.10. The number of aromatic nitrogens is 2. The molecule has 5 heteroatoms. The highest BCUT2D eigenvalue weighted by Gasteiger charge is 2.04. The molecule has 0 bridgehead atoms. The first-order valence-corrected chi connectivity index (χ1v) is 6.27. The minimum atomic E-state index is 0.116. The summed E-state index contributed by atoms with van der Waals surface area (Å²) in [5.74, 6) is 0.822. The largest absolute Gasteiger partial charge is 0.382 e. The minimum absolute atomic E-state index is 0.116. The predicted molar refractivity (Wildman–Crippen MR) is 70.5 cm³/mol. The van der Waals surface area contributed by atoms with E-state index in [4.69, 9.17) is 15.2 Å². The molecule has 0 saturated heterocycles. The van der Waals surface area contributed by atoms with E-state index in [1.807, 2.05) is 19.9 Å². The van der Waals surface area contributed by atoms with Crippen LogP contribution in [-0.2, 0) is 22.3 Å². The lowest BCUT2D eigenvalue weighted by molar-refractivity contribution is 0.0716. The third-order valence-electron chi connectivity index (χ3n) is 2.39. The molecule has 0 spiro atoms. The maximum atomic E-state index is 5.78. The molecular formula is C13H23N3O2. The molecule has 0 fully saturated rings. The van der Waals surface area contributed by atoms with Gasteiger partial charge in [0.25, 0.3) is 0 Å². The summed E-state index contributed by atoms with van der Waals surface area (Å²) in [4.78, 5) is 8.88. The van der Waals surface area contributed by atoms with Gasteiger partial charge in [-0.05, 0) is 19.9 Å². The van der Waals surface area contributed by atoms with E-state index in [0.29, 0.717) is 19.8 Å². The van der Waals surface area contributed by atoms with E-state index >= 15 is 0 Å². The van der Waals surface area contributed by atoms with Crippen molar-refractivity contribution in [2.75, 3.05) is 26.9 Å². The van der Waals surface area contributed by atoms with Crippen LogP contribution in [0.5, 0.6) is 0 Å². The molecule has 102 valence electrons.